The average molecular weight is 252 g/mol. The number of likely N-dealkylation sites (tertiary alicyclic amines) is 1. The monoisotopic (exact) mass is 252 g/mol. The quantitative estimate of drug-likeness (QED) is 0.835. The molecule has 0 radical (unpaired) electrons. The number of anilines is 1. The van der Waals surface area contributed by atoms with Crippen LogP contribution < -0.4 is 5.32 Å². The lowest BCUT2D eigenvalue weighted by molar-refractivity contribution is 0.374. The van der Waals surface area contributed by atoms with E-state index in [2.05, 4.69) is 34.7 Å². The summed E-state index contributed by atoms with van der Waals surface area (Å²) in [7, 11) is 1.88. The zero-order chi connectivity index (χ0) is 13.2. The zero-order valence-electron chi connectivity index (χ0n) is 10.9. The summed E-state index contributed by atoms with van der Waals surface area (Å²) in [5.41, 5.74) is 1.22. The summed E-state index contributed by atoms with van der Waals surface area (Å²) in [6.45, 7) is 0.872. The molecule has 0 unspecified atom stereocenters. The van der Waals surface area contributed by atoms with Crippen molar-refractivity contribution in [2.45, 2.75) is 18.9 Å². The van der Waals surface area contributed by atoms with E-state index in [9.17, 15) is 0 Å². The van der Waals surface area contributed by atoms with E-state index in [1.807, 2.05) is 24.2 Å². The first-order chi connectivity index (χ1) is 9.33. The highest BCUT2D eigenvalue weighted by Gasteiger charge is 2.25. The number of hydrogen-bond acceptors (Lipinski definition) is 4. The van der Waals surface area contributed by atoms with Gasteiger partial charge in [-0.3, -0.25) is 0 Å². The molecule has 0 amide bonds. The van der Waals surface area contributed by atoms with Crippen molar-refractivity contribution in [1.82, 2.24) is 9.88 Å². The van der Waals surface area contributed by atoms with Gasteiger partial charge in [-0.2, -0.15) is 5.26 Å². The summed E-state index contributed by atoms with van der Waals surface area (Å²) >= 11 is 0. The third-order valence-corrected chi connectivity index (χ3v) is 3.79. The number of nitrogens with one attached hydrogen (secondary N) is 1. The second-order valence-corrected chi connectivity index (χ2v) is 4.84. The molecule has 1 atom stereocenters. The third-order valence-electron chi connectivity index (χ3n) is 3.79. The largest absolute Gasteiger partial charge is 0.373 e. The van der Waals surface area contributed by atoms with Crippen LogP contribution in [0, 0.1) is 11.5 Å². The molecule has 0 aliphatic carbocycles. The molecule has 2 heterocycles. The standard InChI is InChI=1S/C15H16N4/c1-17-15-13-5-4-12(9-11(13)6-7-18-15)14-3-2-8-19(14)10-16/h4-7,9,14H,2-3,8H2,1H3,(H,17,18)/t14-/m1/s1. The Morgan fingerprint density at radius 2 is 2.32 bits per heavy atom. The molecule has 4 heteroatoms. The van der Waals surface area contributed by atoms with Crippen LogP contribution >= 0.6 is 0 Å². The van der Waals surface area contributed by atoms with Crippen molar-refractivity contribution in [2.24, 2.45) is 0 Å². The maximum Gasteiger partial charge on any atom is 0.179 e. The van der Waals surface area contributed by atoms with Crippen molar-refractivity contribution in [1.29, 1.82) is 5.26 Å². The van der Waals surface area contributed by atoms with Crippen LogP contribution in [0.3, 0.4) is 0 Å². The Kier molecular flexibility index (Phi) is 2.96. The molecule has 1 saturated heterocycles. The molecule has 1 N–H and O–H groups in total. The molecule has 1 aliphatic rings. The van der Waals surface area contributed by atoms with Crippen LogP contribution in [-0.4, -0.2) is 23.5 Å². The Morgan fingerprint density at radius 3 is 3.11 bits per heavy atom. The highest BCUT2D eigenvalue weighted by Crippen LogP contribution is 2.33. The minimum absolute atomic E-state index is 0.237. The summed E-state index contributed by atoms with van der Waals surface area (Å²) in [6, 6.07) is 8.65. The summed E-state index contributed by atoms with van der Waals surface area (Å²) in [4.78, 5) is 6.19. The normalized spacial score (nSPS) is 18.5. The molecule has 0 bridgehead atoms. The minimum atomic E-state index is 0.237. The lowest BCUT2D eigenvalue weighted by atomic mass is 10.0. The van der Waals surface area contributed by atoms with Gasteiger partial charge in [-0.25, -0.2) is 4.98 Å². The van der Waals surface area contributed by atoms with Crippen molar-refractivity contribution < 1.29 is 0 Å². The fourth-order valence-electron chi connectivity index (χ4n) is 2.84. The number of rotatable bonds is 2. The molecule has 4 nitrogen and oxygen atoms in total. The van der Waals surface area contributed by atoms with Gasteiger partial charge in [-0.15, -0.1) is 0 Å². The molecule has 1 fully saturated rings. The van der Waals surface area contributed by atoms with Crippen LogP contribution in [0.2, 0.25) is 0 Å². The zero-order valence-corrected chi connectivity index (χ0v) is 10.9. The summed E-state index contributed by atoms with van der Waals surface area (Å²) < 4.78 is 0. The van der Waals surface area contributed by atoms with E-state index in [1.54, 1.807) is 0 Å². The summed E-state index contributed by atoms with van der Waals surface area (Å²) in [5, 5.41) is 14.5. The van der Waals surface area contributed by atoms with Crippen molar-refractivity contribution in [2.75, 3.05) is 18.9 Å². The summed E-state index contributed by atoms with van der Waals surface area (Å²) in [6.07, 6.45) is 6.26. The highest BCUT2D eigenvalue weighted by molar-refractivity contribution is 5.92. The average Bonchev–Trinajstić information content (AvgIpc) is 2.94. The Bertz CT molecular complexity index is 644. The van der Waals surface area contributed by atoms with E-state index < -0.39 is 0 Å². The second kappa shape index (κ2) is 4.77. The predicted octanol–water partition coefficient (Wildman–Crippen LogP) is 2.89. The van der Waals surface area contributed by atoms with E-state index in [1.165, 1.54) is 10.9 Å². The van der Waals surface area contributed by atoms with E-state index in [-0.39, 0.29) is 6.04 Å². The molecule has 0 spiro atoms. The topological polar surface area (TPSA) is 52.0 Å². The van der Waals surface area contributed by atoms with Crippen LogP contribution in [0.4, 0.5) is 5.82 Å². The number of nitrogens with zero attached hydrogens (tertiary/aromatic N) is 3. The Labute approximate surface area is 112 Å². The first-order valence-electron chi connectivity index (χ1n) is 6.56. The van der Waals surface area contributed by atoms with E-state index in [0.29, 0.717) is 0 Å². The van der Waals surface area contributed by atoms with Gasteiger partial charge in [-0.1, -0.05) is 12.1 Å². The molecule has 0 saturated carbocycles. The molecule has 96 valence electrons. The predicted molar refractivity (Wildman–Crippen MR) is 75.6 cm³/mol. The van der Waals surface area contributed by atoms with Gasteiger partial charge in [0.2, 0.25) is 0 Å². The lowest BCUT2D eigenvalue weighted by Gasteiger charge is -2.19. The van der Waals surface area contributed by atoms with Gasteiger partial charge in [-0.05, 0) is 35.9 Å². The number of hydrogen-bond donors (Lipinski definition) is 1. The maximum atomic E-state index is 9.15. The Hall–Kier alpha value is -2.28. The van der Waals surface area contributed by atoms with Crippen LogP contribution in [0.5, 0.6) is 0 Å². The summed E-state index contributed by atoms with van der Waals surface area (Å²) in [5.74, 6) is 0.896. The molecule has 2 aromatic rings. The maximum absolute atomic E-state index is 9.15. The van der Waals surface area contributed by atoms with Gasteiger partial charge in [0, 0.05) is 25.2 Å². The van der Waals surface area contributed by atoms with Gasteiger partial charge in [0.1, 0.15) is 5.82 Å². The minimum Gasteiger partial charge on any atom is -0.373 e. The van der Waals surface area contributed by atoms with Gasteiger partial charge < -0.3 is 10.2 Å². The van der Waals surface area contributed by atoms with Crippen LogP contribution in [0.15, 0.2) is 30.5 Å². The number of aromatic nitrogens is 1. The number of pyridine rings is 1. The Balaban J connectivity index is 2.05. The molecule has 1 aliphatic heterocycles. The number of fused-ring (bicyclic) bond motifs is 1. The van der Waals surface area contributed by atoms with Gasteiger partial charge in [0.25, 0.3) is 0 Å². The van der Waals surface area contributed by atoms with E-state index in [0.717, 1.165) is 30.6 Å². The molecule has 1 aromatic carbocycles. The van der Waals surface area contributed by atoms with E-state index >= 15 is 0 Å². The molecule has 3 rings (SSSR count). The van der Waals surface area contributed by atoms with Crippen molar-refractivity contribution in [3.63, 3.8) is 0 Å². The Morgan fingerprint density at radius 1 is 1.42 bits per heavy atom. The first-order valence-corrected chi connectivity index (χ1v) is 6.56. The number of benzene rings is 1. The lowest BCUT2D eigenvalue weighted by Crippen LogP contribution is -2.16. The third kappa shape index (κ3) is 1.97. The van der Waals surface area contributed by atoms with Crippen molar-refractivity contribution in [3.05, 3.63) is 36.0 Å². The van der Waals surface area contributed by atoms with Crippen LogP contribution in [0.1, 0.15) is 24.4 Å². The number of nitriles is 1. The fraction of sp³-hybridized carbons (Fsp3) is 0.333. The van der Waals surface area contributed by atoms with Gasteiger partial charge >= 0.3 is 0 Å². The van der Waals surface area contributed by atoms with Crippen molar-refractivity contribution in [3.8, 4) is 6.19 Å². The molecular weight excluding hydrogens is 236 g/mol. The van der Waals surface area contributed by atoms with Gasteiger partial charge in [0.05, 0.1) is 6.04 Å². The van der Waals surface area contributed by atoms with Gasteiger partial charge in [0.15, 0.2) is 6.19 Å². The smallest absolute Gasteiger partial charge is 0.179 e. The van der Waals surface area contributed by atoms with Crippen LogP contribution in [0.25, 0.3) is 10.8 Å². The molecule has 19 heavy (non-hydrogen) atoms. The highest BCUT2D eigenvalue weighted by atomic mass is 15.2. The fourth-order valence-corrected chi connectivity index (χ4v) is 2.84. The van der Waals surface area contributed by atoms with E-state index in [4.69, 9.17) is 5.26 Å². The van der Waals surface area contributed by atoms with Crippen LogP contribution in [-0.2, 0) is 0 Å². The first kappa shape index (κ1) is 11.8. The molecule has 1 aromatic heterocycles. The van der Waals surface area contributed by atoms with Crippen molar-refractivity contribution >= 4 is 16.6 Å². The molecular formula is C15H16N4. The second-order valence-electron chi connectivity index (χ2n) is 4.84. The SMILES string of the molecule is CNc1nccc2cc([C@H]3CCCN3C#N)ccc12.